The van der Waals surface area contributed by atoms with Crippen molar-refractivity contribution in [3.05, 3.63) is 0 Å². The van der Waals surface area contributed by atoms with Crippen molar-refractivity contribution in [1.82, 2.24) is 10.0 Å². The molecule has 84 valence electrons. The first-order valence-corrected chi connectivity index (χ1v) is 5.94. The van der Waals surface area contributed by atoms with Crippen molar-refractivity contribution in [3.63, 3.8) is 0 Å². The van der Waals surface area contributed by atoms with Crippen molar-refractivity contribution < 1.29 is 0 Å². The highest BCUT2D eigenvalue weighted by molar-refractivity contribution is 4.90. The molecular formula is C12H26N2. The lowest BCUT2D eigenvalue weighted by molar-refractivity contribution is -0.0686. The molecule has 1 fully saturated rings. The summed E-state index contributed by atoms with van der Waals surface area (Å²) in [6.45, 7) is 16.2. The number of rotatable bonds is 2. The Hall–Kier alpha value is -0.0800. The summed E-state index contributed by atoms with van der Waals surface area (Å²) in [5, 5.41) is 5.11. The Bertz CT molecular complexity index is 169. The molecule has 0 N–H and O–H groups in total. The van der Waals surface area contributed by atoms with E-state index >= 15 is 0 Å². The molecule has 0 spiro atoms. The van der Waals surface area contributed by atoms with Crippen LogP contribution in [-0.4, -0.2) is 34.2 Å². The van der Waals surface area contributed by atoms with E-state index in [2.05, 4.69) is 58.5 Å². The first kappa shape index (κ1) is 12.0. The van der Waals surface area contributed by atoms with Crippen molar-refractivity contribution in [3.8, 4) is 0 Å². The lowest BCUT2D eigenvalue weighted by Crippen LogP contribution is -2.49. The van der Waals surface area contributed by atoms with Crippen LogP contribution in [0, 0.1) is 5.92 Å². The van der Waals surface area contributed by atoms with Gasteiger partial charge in [0.1, 0.15) is 0 Å². The fourth-order valence-corrected chi connectivity index (χ4v) is 2.78. The lowest BCUT2D eigenvalue weighted by atomic mass is 9.98. The average molecular weight is 198 g/mol. The molecule has 0 bridgehead atoms. The van der Waals surface area contributed by atoms with Crippen LogP contribution < -0.4 is 0 Å². The molecule has 2 nitrogen and oxygen atoms in total. The predicted molar refractivity (Wildman–Crippen MR) is 62.0 cm³/mol. The second-order valence-electron chi connectivity index (χ2n) is 5.29. The van der Waals surface area contributed by atoms with Crippen LogP contribution in [0.4, 0.5) is 0 Å². The zero-order valence-corrected chi connectivity index (χ0v) is 10.8. The fourth-order valence-electron chi connectivity index (χ4n) is 2.78. The molecule has 1 aliphatic heterocycles. The minimum Gasteiger partial charge on any atom is -0.236 e. The maximum Gasteiger partial charge on any atom is 0.0261 e. The summed E-state index contributed by atoms with van der Waals surface area (Å²) >= 11 is 0. The molecule has 0 radical (unpaired) electrons. The predicted octanol–water partition coefficient (Wildman–Crippen LogP) is 2.75. The summed E-state index contributed by atoms with van der Waals surface area (Å²) < 4.78 is 0. The van der Waals surface area contributed by atoms with E-state index < -0.39 is 0 Å². The van der Waals surface area contributed by atoms with Crippen LogP contribution in [0.25, 0.3) is 0 Å². The van der Waals surface area contributed by atoms with Gasteiger partial charge in [0.25, 0.3) is 0 Å². The van der Waals surface area contributed by atoms with E-state index in [0.717, 1.165) is 5.92 Å². The molecule has 1 saturated heterocycles. The fraction of sp³-hybridized carbons (Fsp3) is 1.00. The second-order valence-corrected chi connectivity index (χ2v) is 5.29. The molecule has 1 aliphatic rings. The van der Waals surface area contributed by atoms with Crippen LogP contribution in [0.1, 0.15) is 48.5 Å². The molecule has 0 aromatic carbocycles. The Morgan fingerprint density at radius 3 is 1.21 bits per heavy atom. The molecule has 0 saturated carbocycles. The van der Waals surface area contributed by atoms with Crippen molar-refractivity contribution in [2.45, 2.75) is 72.6 Å². The van der Waals surface area contributed by atoms with Crippen LogP contribution in [0.3, 0.4) is 0 Å². The van der Waals surface area contributed by atoms with Crippen LogP contribution in [-0.2, 0) is 0 Å². The Morgan fingerprint density at radius 1 is 0.714 bits per heavy atom. The minimum absolute atomic E-state index is 0.611. The van der Waals surface area contributed by atoms with Gasteiger partial charge in [0.15, 0.2) is 0 Å². The maximum atomic E-state index is 2.56. The summed E-state index contributed by atoms with van der Waals surface area (Å²) in [6, 6.07) is 2.57. The monoisotopic (exact) mass is 198 g/mol. The number of hydrazine groups is 1. The van der Waals surface area contributed by atoms with Crippen molar-refractivity contribution in [2.24, 2.45) is 5.92 Å². The third-order valence-electron chi connectivity index (χ3n) is 3.68. The van der Waals surface area contributed by atoms with Crippen LogP contribution in [0.15, 0.2) is 0 Å². The molecule has 1 heterocycles. The largest absolute Gasteiger partial charge is 0.236 e. The third kappa shape index (κ3) is 1.82. The van der Waals surface area contributed by atoms with Gasteiger partial charge in [-0.3, -0.25) is 0 Å². The SMILES string of the molecule is CC1C(C)N(C(C)C)N(C(C)C)C1C. The normalized spacial score (nSPS) is 36.2. The molecule has 0 amide bonds. The van der Waals surface area contributed by atoms with Gasteiger partial charge in [0, 0.05) is 24.2 Å². The van der Waals surface area contributed by atoms with Gasteiger partial charge in [-0.05, 0) is 47.5 Å². The summed E-state index contributed by atoms with van der Waals surface area (Å²) in [7, 11) is 0. The highest BCUT2D eigenvalue weighted by atomic mass is 15.7. The van der Waals surface area contributed by atoms with E-state index in [1.165, 1.54) is 0 Å². The van der Waals surface area contributed by atoms with Crippen LogP contribution in [0.5, 0.6) is 0 Å². The molecule has 2 unspecified atom stereocenters. The van der Waals surface area contributed by atoms with E-state index in [4.69, 9.17) is 0 Å². The molecule has 2 atom stereocenters. The van der Waals surface area contributed by atoms with Crippen LogP contribution >= 0.6 is 0 Å². The molecule has 0 aliphatic carbocycles. The maximum absolute atomic E-state index is 2.56. The molecule has 0 aromatic heterocycles. The van der Waals surface area contributed by atoms with Gasteiger partial charge in [-0.2, -0.15) is 0 Å². The highest BCUT2D eigenvalue weighted by Gasteiger charge is 2.42. The number of nitrogens with zero attached hydrogens (tertiary/aromatic N) is 2. The van der Waals surface area contributed by atoms with Crippen LogP contribution in [0.2, 0.25) is 0 Å². The molecule has 2 heteroatoms. The van der Waals surface area contributed by atoms with Crippen molar-refractivity contribution in [2.75, 3.05) is 0 Å². The zero-order valence-electron chi connectivity index (χ0n) is 10.8. The van der Waals surface area contributed by atoms with E-state index in [0.29, 0.717) is 24.2 Å². The minimum atomic E-state index is 0.611. The highest BCUT2D eigenvalue weighted by Crippen LogP contribution is 2.33. The van der Waals surface area contributed by atoms with Gasteiger partial charge in [0.2, 0.25) is 0 Å². The Balaban J connectivity index is 2.89. The van der Waals surface area contributed by atoms with Gasteiger partial charge in [-0.1, -0.05) is 6.92 Å². The molecule has 1 rings (SSSR count). The molecule has 0 aromatic rings. The van der Waals surface area contributed by atoms with Crippen molar-refractivity contribution in [1.29, 1.82) is 0 Å². The lowest BCUT2D eigenvalue weighted by Gasteiger charge is -2.38. The van der Waals surface area contributed by atoms with Gasteiger partial charge in [-0.15, -0.1) is 0 Å². The first-order chi connectivity index (χ1) is 6.37. The Morgan fingerprint density at radius 2 is 1.00 bits per heavy atom. The Labute approximate surface area is 89.2 Å². The summed E-state index contributed by atoms with van der Waals surface area (Å²) in [5.41, 5.74) is 0. The number of hydrogen-bond acceptors (Lipinski definition) is 2. The first-order valence-electron chi connectivity index (χ1n) is 5.94. The molecule has 14 heavy (non-hydrogen) atoms. The van der Waals surface area contributed by atoms with Gasteiger partial charge in [0.05, 0.1) is 0 Å². The average Bonchev–Trinajstić information content (AvgIpc) is 2.29. The standard InChI is InChI=1S/C12H26N2/c1-8(2)13-11(6)10(5)12(7)14(13)9(3)4/h8-12H,1-7H3. The third-order valence-corrected chi connectivity index (χ3v) is 3.68. The van der Waals surface area contributed by atoms with E-state index in [1.807, 2.05) is 0 Å². The summed E-state index contributed by atoms with van der Waals surface area (Å²) in [5.74, 6) is 0.764. The quantitative estimate of drug-likeness (QED) is 0.673. The van der Waals surface area contributed by atoms with E-state index in [9.17, 15) is 0 Å². The smallest absolute Gasteiger partial charge is 0.0261 e. The molecular weight excluding hydrogens is 172 g/mol. The second kappa shape index (κ2) is 4.19. The van der Waals surface area contributed by atoms with E-state index in [1.54, 1.807) is 0 Å². The Kier molecular flexibility index (Phi) is 3.59. The summed E-state index contributed by atoms with van der Waals surface area (Å²) in [4.78, 5) is 0. The van der Waals surface area contributed by atoms with Gasteiger partial charge >= 0.3 is 0 Å². The van der Waals surface area contributed by atoms with Crippen molar-refractivity contribution >= 4 is 0 Å². The van der Waals surface area contributed by atoms with E-state index in [-0.39, 0.29) is 0 Å². The van der Waals surface area contributed by atoms with Gasteiger partial charge < -0.3 is 0 Å². The zero-order chi connectivity index (χ0) is 11.0. The topological polar surface area (TPSA) is 6.48 Å². The summed E-state index contributed by atoms with van der Waals surface area (Å²) in [6.07, 6.45) is 0. The number of hydrogen-bond donors (Lipinski definition) is 0. The van der Waals surface area contributed by atoms with Gasteiger partial charge in [-0.25, -0.2) is 10.0 Å².